The molecular formula is C13H19BrO3S. The van der Waals surface area contributed by atoms with Gasteiger partial charge in [-0.1, -0.05) is 35.0 Å². The predicted octanol–water partition coefficient (Wildman–Crippen LogP) is 2.74. The SMILES string of the molecule is CCS(=O)(=O)CCCC(CO)c1cccc(Br)c1. The van der Waals surface area contributed by atoms with Crippen molar-refractivity contribution in [3.63, 3.8) is 0 Å². The average molecular weight is 335 g/mol. The van der Waals surface area contributed by atoms with Gasteiger partial charge in [-0.2, -0.15) is 0 Å². The number of hydrogen-bond acceptors (Lipinski definition) is 3. The Morgan fingerprint density at radius 3 is 2.67 bits per heavy atom. The van der Waals surface area contributed by atoms with Gasteiger partial charge >= 0.3 is 0 Å². The van der Waals surface area contributed by atoms with Crippen LogP contribution in [-0.2, 0) is 9.84 Å². The van der Waals surface area contributed by atoms with E-state index in [1.807, 2.05) is 24.3 Å². The predicted molar refractivity (Wildman–Crippen MR) is 77.5 cm³/mol. The van der Waals surface area contributed by atoms with Crippen molar-refractivity contribution in [1.29, 1.82) is 0 Å². The minimum Gasteiger partial charge on any atom is -0.396 e. The first-order valence-corrected chi connectivity index (χ1v) is 8.66. The Kier molecular flexibility index (Phi) is 6.32. The third-order valence-corrected chi connectivity index (χ3v) is 5.27. The summed E-state index contributed by atoms with van der Waals surface area (Å²) in [5.74, 6) is 0.399. The first-order valence-electron chi connectivity index (χ1n) is 6.05. The van der Waals surface area contributed by atoms with Crippen LogP contribution in [0.3, 0.4) is 0 Å². The Hall–Kier alpha value is -0.390. The van der Waals surface area contributed by atoms with E-state index in [0.717, 1.165) is 10.0 Å². The molecule has 1 atom stereocenters. The Bertz CT molecular complexity index is 471. The summed E-state index contributed by atoms with van der Waals surface area (Å²) in [5, 5.41) is 9.39. The van der Waals surface area contributed by atoms with E-state index in [1.165, 1.54) is 0 Å². The zero-order valence-corrected chi connectivity index (χ0v) is 12.9. The summed E-state index contributed by atoms with van der Waals surface area (Å²) in [4.78, 5) is 0. The van der Waals surface area contributed by atoms with E-state index in [2.05, 4.69) is 15.9 Å². The molecular weight excluding hydrogens is 316 g/mol. The number of sulfone groups is 1. The lowest BCUT2D eigenvalue weighted by atomic mass is 9.95. The maximum absolute atomic E-state index is 11.4. The summed E-state index contributed by atoms with van der Waals surface area (Å²) in [6.45, 7) is 1.70. The average Bonchev–Trinajstić information content (AvgIpc) is 2.34. The molecule has 0 aromatic heterocycles. The molecule has 0 saturated heterocycles. The fraction of sp³-hybridized carbons (Fsp3) is 0.538. The zero-order valence-electron chi connectivity index (χ0n) is 10.5. The Morgan fingerprint density at radius 2 is 2.11 bits per heavy atom. The second-order valence-corrected chi connectivity index (χ2v) is 7.70. The van der Waals surface area contributed by atoms with E-state index in [1.54, 1.807) is 6.92 Å². The Balaban J connectivity index is 2.58. The first-order chi connectivity index (χ1) is 8.48. The van der Waals surface area contributed by atoms with Crippen molar-refractivity contribution in [2.75, 3.05) is 18.1 Å². The van der Waals surface area contributed by atoms with Gasteiger partial charge in [0.2, 0.25) is 0 Å². The molecule has 0 bridgehead atoms. The van der Waals surface area contributed by atoms with E-state index in [0.29, 0.717) is 12.8 Å². The molecule has 0 fully saturated rings. The van der Waals surface area contributed by atoms with Crippen LogP contribution >= 0.6 is 15.9 Å². The van der Waals surface area contributed by atoms with Gasteiger partial charge in [0.15, 0.2) is 0 Å². The molecule has 0 amide bonds. The fourth-order valence-electron chi connectivity index (χ4n) is 1.82. The van der Waals surface area contributed by atoms with Gasteiger partial charge in [0.05, 0.1) is 5.75 Å². The lowest BCUT2D eigenvalue weighted by Crippen LogP contribution is -2.11. The highest BCUT2D eigenvalue weighted by atomic mass is 79.9. The van der Waals surface area contributed by atoms with Crippen LogP contribution in [0.4, 0.5) is 0 Å². The monoisotopic (exact) mass is 334 g/mol. The number of benzene rings is 1. The molecule has 1 aromatic rings. The van der Waals surface area contributed by atoms with Crippen LogP contribution in [0.25, 0.3) is 0 Å². The van der Waals surface area contributed by atoms with Gasteiger partial charge in [0, 0.05) is 22.8 Å². The number of rotatable bonds is 7. The van der Waals surface area contributed by atoms with Gasteiger partial charge in [-0.15, -0.1) is 0 Å². The van der Waals surface area contributed by atoms with Gasteiger partial charge in [0.25, 0.3) is 0 Å². The molecule has 0 aliphatic rings. The van der Waals surface area contributed by atoms with E-state index < -0.39 is 9.84 Å². The van der Waals surface area contributed by atoms with Gasteiger partial charge in [-0.25, -0.2) is 8.42 Å². The van der Waals surface area contributed by atoms with Crippen LogP contribution in [-0.4, -0.2) is 31.6 Å². The van der Waals surface area contributed by atoms with Crippen LogP contribution in [0, 0.1) is 0 Å². The number of halogens is 1. The van der Waals surface area contributed by atoms with Crippen LogP contribution in [0.15, 0.2) is 28.7 Å². The van der Waals surface area contributed by atoms with Crippen molar-refractivity contribution in [3.8, 4) is 0 Å². The molecule has 1 rings (SSSR count). The molecule has 3 nitrogen and oxygen atoms in total. The van der Waals surface area contributed by atoms with Crippen LogP contribution < -0.4 is 0 Å². The molecule has 1 N–H and O–H groups in total. The molecule has 1 unspecified atom stereocenters. The lowest BCUT2D eigenvalue weighted by molar-refractivity contribution is 0.258. The topological polar surface area (TPSA) is 54.4 Å². The maximum atomic E-state index is 11.4. The minimum absolute atomic E-state index is 0.00885. The van der Waals surface area contributed by atoms with Gasteiger partial charge in [-0.3, -0.25) is 0 Å². The van der Waals surface area contributed by atoms with E-state index in [4.69, 9.17) is 0 Å². The zero-order chi connectivity index (χ0) is 13.6. The first kappa shape index (κ1) is 15.7. The standard InChI is InChI=1S/C13H19BrO3S/c1-2-18(16,17)8-4-6-12(10-15)11-5-3-7-13(14)9-11/h3,5,7,9,12,15H,2,4,6,8,10H2,1H3. The molecule has 0 heterocycles. The van der Waals surface area contributed by atoms with Crippen LogP contribution in [0.2, 0.25) is 0 Å². The summed E-state index contributed by atoms with van der Waals surface area (Å²) < 4.78 is 23.8. The quantitative estimate of drug-likeness (QED) is 0.834. The largest absolute Gasteiger partial charge is 0.396 e. The second kappa shape index (κ2) is 7.26. The van der Waals surface area contributed by atoms with Crippen molar-refractivity contribution in [2.24, 2.45) is 0 Å². The summed E-state index contributed by atoms with van der Waals surface area (Å²) in [6, 6.07) is 7.78. The maximum Gasteiger partial charge on any atom is 0.150 e. The third-order valence-electron chi connectivity index (χ3n) is 2.99. The highest BCUT2D eigenvalue weighted by Crippen LogP contribution is 2.24. The summed E-state index contributed by atoms with van der Waals surface area (Å²) in [7, 11) is -2.90. The fourth-order valence-corrected chi connectivity index (χ4v) is 3.13. The smallest absolute Gasteiger partial charge is 0.150 e. The van der Waals surface area contributed by atoms with Gasteiger partial charge < -0.3 is 5.11 Å². The van der Waals surface area contributed by atoms with Crippen molar-refractivity contribution in [1.82, 2.24) is 0 Å². The molecule has 0 aliphatic carbocycles. The van der Waals surface area contributed by atoms with Crippen LogP contribution in [0.5, 0.6) is 0 Å². The van der Waals surface area contributed by atoms with Crippen molar-refractivity contribution in [3.05, 3.63) is 34.3 Å². The van der Waals surface area contributed by atoms with Crippen molar-refractivity contribution >= 4 is 25.8 Å². The van der Waals surface area contributed by atoms with Crippen LogP contribution in [0.1, 0.15) is 31.2 Å². The molecule has 102 valence electrons. The third kappa shape index (κ3) is 5.08. The molecule has 5 heteroatoms. The molecule has 0 saturated carbocycles. The Morgan fingerprint density at radius 1 is 1.39 bits per heavy atom. The molecule has 0 radical (unpaired) electrons. The number of hydrogen-bond donors (Lipinski definition) is 1. The van der Waals surface area contributed by atoms with E-state index in [9.17, 15) is 13.5 Å². The van der Waals surface area contributed by atoms with E-state index in [-0.39, 0.29) is 24.0 Å². The number of aliphatic hydroxyl groups is 1. The van der Waals surface area contributed by atoms with Gasteiger partial charge in [0.1, 0.15) is 9.84 Å². The molecule has 0 spiro atoms. The van der Waals surface area contributed by atoms with Gasteiger partial charge in [-0.05, 0) is 30.5 Å². The summed E-state index contributed by atoms with van der Waals surface area (Å²) >= 11 is 3.39. The summed E-state index contributed by atoms with van der Waals surface area (Å²) in [6.07, 6.45) is 1.28. The molecule has 1 aromatic carbocycles. The lowest BCUT2D eigenvalue weighted by Gasteiger charge is -2.14. The van der Waals surface area contributed by atoms with Crippen molar-refractivity contribution < 1.29 is 13.5 Å². The highest BCUT2D eigenvalue weighted by Gasteiger charge is 2.13. The highest BCUT2D eigenvalue weighted by molar-refractivity contribution is 9.10. The number of aliphatic hydroxyl groups excluding tert-OH is 1. The van der Waals surface area contributed by atoms with E-state index >= 15 is 0 Å². The normalized spacial score (nSPS) is 13.5. The minimum atomic E-state index is -2.90. The summed E-state index contributed by atoms with van der Waals surface area (Å²) in [5.41, 5.74) is 1.04. The molecule has 18 heavy (non-hydrogen) atoms. The molecule has 0 aliphatic heterocycles. The van der Waals surface area contributed by atoms with Crippen molar-refractivity contribution in [2.45, 2.75) is 25.7 Å². The second-order valence-electron chi connectivity index (χ2n) is 4.31. The Labute approximate surface area is 117 Å².